The summed E-state index contributed by atoms with van der Waals surface area (Å²) in [5, 5.41) is 46.0. The molecule has 17 nitrogen and oxygen atoms in total. The fourth-order valence-corrected chi connectivity index (χ4v) is 3.32. The van der Waals surface area contributed by atoms with Crippen LogP contribution >= 0.6 is 0 Å². The van der Waals surface area contributed by atoms with Gasteiger partial charge in [-0.25, -0.2) is 0 Å². The van der Waals surface area contributed by atoms with Gasteiger partial charge in [0.2, 0.25) is 0 Å². The normalized spacial score (nSPS) is 12.0. The molecule has 0 aliphatic heterocycles. The van der Waals surface area contributed by atoms with Crippen molar-refractivity contribution in [2.75, 3.05) is 85.4 Å². The fraction of sp³-hybridized carbons (Fsp3) is 0.727. The summed E-state index contributed by atoms with van der Waals surface area (Å²) in [6, 6.07) is -1.52. The minimum absolute atomic E-state index is 0.0406. The van der Waals surface area contributed by atoms with Gasteiger partial charge in [0, 0.05) is 32.8 Å². The third kappa shape index (κ3) is 19.4. The number of hydrogen-bond donors (Lipinski definition) is 5. The van der Waals surface area contributed by atoms with E-state index in [0.29, 0.717) is 13.2 Å². The number of hydrogen-bond acceptors (Lipinski definition) is 12. The zero-order valence-corrected chi connectivity index (χ0v) is 21.7. The molecule has 224 valence electrons. The lowest BCUT2D eigenvalue weighted by molar-refractivity contribution is -0.154. The van der Waals surface area contributed by atoms with Crippen LogP contribution in [0.25, 0.3) is 0 Å². The highest BCUT2D eigenvalue weighted by Crippen LogP contribution is 2.09. The largest absolute Gasteiger partial charge is 0.480 e. The first kappa shape index (κ1) is 35.6. The van der Waals surface area contributed by atoms with E-state index in [9.17, 15) is 33.9 Å². The van der Waals surface area contributed by atoms with Crippen molar-refractivity contribution in [2.45, 2.75) is 19.4 Å². The van der Waals surface area contributed by atoms with Gasteiger partial charge in [-0.15, -0.1) is 0 Å². The first-order chi connectivity index (χ1) is 18.3. The quantitative estimate of drug-likeness (QED) is 0.0574. The van der Waals surface area contributed by atoms with Gasteiger partial charge >= 0.3 is 35.8 Å². The van der Waals surface area contributed by atoms with Gasteiger partial charge in [0.15, 0.2) is 0 Å². The van der Waals surface area contributed by atoms with Crippen LogP contribution in [0.1, 0.15) is 13.3 Å². The number of esters is 1. The molecule has 1 unspecified atom stereocenters. The average Bonchev–Trinajstić information content (AvgIpc) is 2.80. The Morgan fingerprint density at radius 1 is 0.615 bits per heavy atom. The summed E-state index contributed by atoms with van der Waals surface area (Å²) in [5.74, 6) is -7.62. The van der Waals surface area contributed by atoms with E-state index < -0.39 is 74.5 Å². The molecule has 0 bridgehead atoms. The Morgan fingerprint density at radius 3 is 1.41 bits per heavy atom. The smallest absolute Gasteiger partial charge is 0.321 e. The molecule has 39 heavy (non-hydrogen) atoms. The van der Waals surface area contributed by atoms with Crippen LogP contribution < -0.4 is 0 Å². The Balaban J connectivity index is 5.48. The molecule has 0 rings (SSSR count). The average molecular weight is 568 g/mol. The summed E-state index contributed by atoms with van der Waals surface area (Å²) in [4.78, 5) is 72.1. The number of rotatable bonds is 25. The van der Waals surface area contributed by atoms with Crippen molar-refractivity contribution in [3.63, 3.8) is 0 Å². The molecular weight excluding hydrogens is 530 g/mol. The Morgan fingerprint density at radius 2 is 1.03 bits per heavy atom. The molecule has 0 radical (unpaired) electrons. The molecule has 0 aromatic heterocycles. The molecule has 0 aromatic carbocycles. The maximum Gasteiger partial charge on any atom is 0.321 e. The van der Waals surface area contributed by atoms with Crippen molar-refractivity contribution in [3.05, 3.63) is 0 Å². The van der Waals surface area contributed by atoms with Crippen LogP contribution in [-0.4, -0.2) is 167 Å². The second-order valence-corrected chi connectivity index (χ2v) is 8.12. The molecule has 17 heteroatoms. The van der Waals surface area contributed by atoms with E-state index in [1.807, 2.05) is 6.92 Å². The highest BCUT2D eigenvalue weighted by molar-refractivity contribution is 5.81. The second-order valence-electron chi connectivity index (χ2n) is 8.12. The molecule has 0 aliphatic carbocycles. The van der Waals surface area contributed by atoms with Crippen molar-refractivity contribution in [2.24, 2.45) is 0 Å². The monoisotopic (exact) mass is 567 g/mol. The van der Waals surface area contributed by atoms with Crippen molar-refractivity contribution < 1.29 is 68.5 Å². The van der Waals surface area contributed by atoms with Gasteiger partial charge in [0.05, 0.1) is 52.4 Å². The summed E-state index contributed by atoms with van der Waals surface area (Å²) in [5.41, 5.74) is 0. The van der Waals surface area contributed by atoms with Crippen LogP contribution in [0.5, 0.6) is 0 Å². The third-order valence-electron chi connectivity index (χ3n) is 5.00. The zero-order valence-electron chi connectivity index (χ0n) is 21.7. The Bertz CT molecular complexity index is 737. The van der Waals surface area contributed by atoms with Crippen LogP contribution in [0.3, 0.4) is 0 Å². The predicted octanol–water partition coefficient (Wildman–Crippen LogP) is -2.33. The lowest BCUT2D eigenvalue weighted by Crippen LogP contribution is -2.50. The molecule has 5 N–H and O–H groups in total. The van der Waals surface area contributed by atoms with Crippen LogP contribution in [0.2, 0.25) is 0 Å². The predicted molar refractivity (Wildman–Crippen MR) is 129 cm³/mol. The molecule has 1 atom stereocenters. The molecule has 0 spiro atoms. The van der Waals surface area contributed by atoms with Crippen LogP contribution in [0.15, 0.2) is 0 Å². The molecule has 0 amide bonds. The summed E-state index contributed by atoms with van der Waals surface area (Å²) in [6.45, 7) is -0.751. The van der Waals surface area contributed by atoms with Crippen LogP contribution in [-0.2, 0) is 43.0 Å². The number of carboxylic acid groups (broad SMARTS) is 5. The molecular formula is C22H37N3O14. The Labute approximate surface area is 224 Å². The number of aliphatic carboxylic acids is 5. The standard InChI is InChI=1S/C22H37N3O14/c1-2-37-7-8-38-9-10-39-21(34)11-16(22(35)36)25(5-3-23(12-17(26)27)13-18(28)29)6-4-24(14-19(30)31)15-20(32)33/h16H,2-15H2,1H3,(H,26,27)(H,28,29)(H,30,31)(H,32,33)(H,35,36). The van der Waals surface area contributed by atoms with E-state index in [4.69, 9.17) is 34.6 Å². The van der Waals surface area contributed by atoms with Crippen molar-refractivity contribution in [3.8, 4) is 0 Å². The van der Waals surface area contributed by atoms with Gasteiger partial charge in [-0.3, -0.25) is 43.5 Å². The topological polar surface area (TPSA) is 241 Å². The fourth-order valence-electron chi connectivity index (χ4n) is 3.32. The van der Waals surface area contributed by atoms with E-state index >= 15 is 0 Å². The molecule has 0 heterocycles. The highest BCUT2D eigenvalue weighted by atomic mass is 16.6. The molecule has 0 aliphatic rings. The third-order valence-corrected chi connectivity index (χ3v) is 5.00. The van der Waals surface area contributed by atoms with E-state index in [1.165, 1.54) is 4.90 Å². The van der Waals surface area contributed by atoms with Crippen LogP contribution in [0.4, 0.5) is 0 Å². The second kappa shape index (κ2) is 20.6. The highest BCUT2D eigenvalue weighted by Gasteiger charge is 2.30. The van der Waals surface area contributed by atoms with E-state index in [0.717, 1.165) is 9.80 Å². The number of carbonyl (C=O) groups is 6. The molecule has 0 fully saturated rings. The summed E-state index contributed by atoms with van der Waals surface area (Å²) in [7, 11) is 0. The van der Waals surface area contributed by atoms with E-state index in [1.54, 1.807) is 0 Å². The van der Waals surface area contributed by atoms with Gasteiger partial charge in [0.25, 0.3) is 0 Å². The maximum absolute atomic E-state index is 12.3. The minimum Gasteiger partial charge on any atom is -0.480 e. The van der Waals surface area contributed by atoms with Crippen LogP contribution in [0, 0.1) is 0 Å². The van der Waals surface area contributed by atoms with E-state index in [-0.39, 0.29) is 46.0 Å². The number of nitrogens with zero attached hydrogens (tertiary/aromatic N) is 3. The zero-order chi connectivity index (χ0) is 29.8. The van der Waals surface area contributed by atoms with Crippen molar-refractivity contribution in [1.82, 2.24) is 14.7 Å². The van der Waals surface area contributed by atoms with Crippen molar-refractivity contribution in [1.29, 1.82) is 0 Å². The van der Waals surface area contributed by atoms with Gasteiger partial charge in [-0.2, -0.15) is 0 Å². The summed E-state index contributed by atoms with van der Waals surface area (Å²) in [6.07, 6.45) is -0.649. The number of ether oxygens (including phenoxy) is 3. The van der Waals surface area contributed by atoms with Crippen molar-refractivity contribution >= 4 is 35.8 Å². The lowest BCUT2D eigenvalue weighted by Gasteiger charge is -2.32. The number of carbonyl (C=O) groups excluding carboxylic acids is 1. The maximum atomic E-state index is 12.3. The minimum atomic E-state index is -1.52. The Hall–Kier alpha value is -3.38. The van der Waals surface area contributed by atoms with Gasteiger partial charge in [-0.05, 0) is 6.92 Å². The van der Waals surface area contributed by atoms with E-state index in [2.05, 4.69) is 0 Å². The Kier molecular flexibility index (Phi) is 18.8. The van der Waals surface area contributed by atoms with Gasteiger partial charge in [-0.1, -0.05) is 0 Å². The first-order valence-electron chi connectivity index (χ1n) is 12.0. The molecule has 0 saturated heterocycles. The number of carboxylic acids is 5. The summed E-state index contributed by atoms with van der Waals surface area (Å²) >= 11 is 0. The SMILES string of the molecule is CCOCCOCCOC(=O)CC(C(=O)O)N(CCN(CC(=O)O)CC(=O)O)CCN(CC(=O)O)CC(=O)O. The van der Waals surface area contributed by atoms with Gasteiger partial charge < -0.3 is 39.7 Å². The lowest BCUT2D eigenvalue weighted by atomic mass is 10.1. The molecule has 0 aromatic rings. The molecule has 0 saturated carbocycles. The first-order valence-corrected chi connectivity index (χ1v) is 12.0. The summed E-state index contributed by atoms with van der Waals surface area (Å²) < 4.78 is 15.3. The van der Waals surface area contributed by atoms with Gasteiger partial charge in [0.1, 0.15) is 12.6 Å².